The van der Waals surface area contributed by atoms with Crippen LogP contribution in [0.4, 0.5) is 0 Å². The van der Waals surface area contributed by atoms with Crippen LogP contribution in [0, 0.1) is 5.92 Å². The summed E-state index contributed by atoms with van der Waals surface area (Å²) in [7, 11) is 1.65. The number of rotatable bonds is 6. The third-order valence-electron chi connectivity index (χ3n) is 2.37. The summed E-state index contributed by atoms with van der Waals surface area (Å²) in [5, 5.41) is -0.337. The van der Waals surface area contributed by atoms with Crippen LogP contribution in [0.5, 0.6) is 0 Å². The number of thiol groups is 1. The fraction of sp³-hybridized carbons (Fsp3) is 0.909. The summed E-state index contributed by atoms with van der Waals surface area (Å²) in [6.07, 6.45) is 0.688. The SMILES string of the molecule is COC(C)(C)CCOC(=O)C(S)C(C)C. The molecular formula is C11H22O3S. The quantitative estimate of drug-likeness (QED) is 0.566. The van der Waals surface area contributed by atoms with Crippen molar-refractivity contribution >= 4 is 18.6 Å². The Balaban J connectivity index is 3.83. The zero-order chi connectivity index (χ0) is 12.1. The Morgan fingerprint density at radius 3 is 2.33 bits per heavy atom. The molecule has 1 atom stereocenters. The van der Waals surface area contributed by atoms with E-state index >= 15 is 0 Å². The molecule has 1 unspecified atom stereocenters. The van der Waals surface area contributed by atoms with E-state index in [0.717, 1.165) is 0 Å². The van der Waals surface area contributed by atoms with Crippen LogP contribution >= 0.6 is 12.6 Å². The van der Waals surface area contributed by atoms with Gasteiger partial charge < -0.3 is 9.47 Å². The Kier molecular flexibility index (Phi) is 6.29. The molecule has 0 heterocycles. The van der Waals surface area contributed by atoms with Crippen molar-refractivity contribution in [2.45, 2.75) is 45.0 Å². The largest absolute Gasteiger partial charge is 0.465 e. The number of methoxy groups -OCH3 is 1. The zero-order valence-electron chi connectivity index (χ0n) is 10.2. The fourth-order valence-corrected chi connectivity index (χ4v) is 0.932. The minimum atomic E-state index is -0.337. The first-order chi connectivity index (χ1) is 6.80. The van der Waals surface area contributed by atoms with Gasteiger partial charge in [0.25, 0.3) is 0 Å². The van der Waals surface area contributed by atoms with Gasteiger partial charge in [0.2, 0.25) is 0 Å². The molecule has 15 heavy (non-hydrogen) atoms. The van der Waals surface area contributed by atoms with Crippen LogP contribution in [0.3, 0.4) is 0 Å². The second kappa shape index (κ2) is 6.38. The number of ether oxygens (including phenoxy) is 2. The van der Waals surface area contributed by atoms with Gasteiger partial charge in [-0.2, -0.15) is 12.6 Å². The Morgan fingerprint density at radius 2 is 1.93 bits per heavy atom. The Bertz CT molecular complexity index is 202. The second-order valence-corrected chi connectivity index (χ2v) is 5.13. The molecule has 0 rings (SSSR count). The van der Waals surface area contributed by atoms with Gasteiger partial charge in [-0.05, 0) is 19.8 Å². The molecule has 0 aliphatic heterocycles. The summed E-state index contributed by atoms with van der Waals surface area (Å²) in [5.74, 6) is -0.0588. The van der Waals surface area contributed by atoms with E-state index in [-0.39, 0.29) is 22.7 Å². The van der Waals surface area contributed by atoms with Crippen LogP contribution in [0.1, 0.15) is 34.1 Å². The third kappa shape index (κ3) is 6.05. The van der Waals surface area contributed by atoms with Crippen LogP contribution in [0.15, 0.2) is 0 Å². The lowest BCUT2D eigenvalue weighted by Gasteiger charge is -2.23. The molecule has 0 fully saturated rings. The highest BCUT2D eigenvalue weighted by atomic mass is 32.1. The van der Waals surface area contributed by atoms with Crippen molar-refractivity contribution in [3.05, 3.63) is 0 Å². The van der Waals surface area contributed by atoms with Gasteiger partial charge in [-0.3, -0.25) is 4.79 Å². The number of hydrogen-bond donors (Lipinski definition) is 1. The van der Waals surface area contributed by atoms with E-state index < -0.39 is 0 Å². The molecule has 0 saturated heterocycles. The molecule has 0 N–H and O–H groups in total. The van der Waals surface area contributed by atoms with Crippen molar-refractivity contribution < 1.29 is 14.3 Å². The first-order valence-corrected chi connectivity index (χ1v) is 5.71. The van der Waals surface area contributed by atoms with E-state index in [9.17, 15) is 4.79 Å². The van der Waals surface area contributed by atoms with E-state index in [2.05, 4.69) is 12.6 Å². The van der Waals surface area contributed by atoms with Gasteiger partial charge in [0.15, 0.2) is 0 Å². The number of hydrogen-bond acceptors (Lipinski definition) is 4. The topological polar surface area (TPSA) is 35.5 Å². The van der Waals surface area contributed by atoms with Gasteiger partial charge in [0.1, 0.15) is 5.25 Å². The molecule has 0 aliphatic rings. The van der Waals surface area contributed by atoms with Crippen molar-refractivity contribution in [3.8, 4) is 0 Å². The lowest BCUT2D eigenvalue weighted by molar-refractivity contribution is -0.145. The average molecular weight is 234 g/mol. The molecule has 3 nitrogen and oxygen atoms in total. The number of carbonyl (C=O) groups is 1. The van der Waals surface area contributed by atoms with Crippen LogP contribution in [0.25, 0.3) is 0 Å². The second-order valence-electron chi connectivity index (χ2n) is 4.57. The summed E-state index contributed by atoms with van der Waals surface area (Å²) in [4.78, 5) is 11.4. The molecule has 0 radical (unpaired) electrons. The minimum Gasteiger partial charge on any atom is -0.465 e. The maximum absolute atomic E-state index is 11.4. The standard InChI is InChI=1S/C11H22O3S/c1-8(2)9(15)10(12)14-7-6-11(3,4)13-5/h8-9,15H,6-7H2,1-5H3. The molecule has 0 aliphatic carbocycles. The smallest absolute Gasteiger partial charge is 0.319 e. The monoisotopic (exact) mass is 234 g/mol. The molecule has 0 bridgehead atoms. The molecule has 4 heteroatoms. The highest BCUT2D eigenvalue weighted by Crippen LogP contribution is 2.14. The molecule has 0 aromatic heterocycles. The molecular weight excluding hydrogens is 212 g/mol. The van der Waals surface area contributed by atoms with Crippen molar-refractivity contribution in [3.63, 3.8) is 0 Å². The lowest BCUT2D eigenvalue weighted by Crippen LogP contribution is -2.28. The summed E-state index contributed by atoms with van der Waals surface area (Å²) in [6.45, 7) is 8.18. The fourth-order valence-electron chi connectivity index (χ4n) is 0.857. The van der Waals surface area contributed by atoms with E-state index in [4.69, 9.17) is 9.47 Å². The van der Waals surface area contributed by atoms with Crippen molar-refractivity contribution in [2.75, 3.05) is 13.7 Å². The third-order valence-corrected chi connectivity index (χ3v) is 3.18. The van der Waals surface area contributed by atoms with Gasteiger partial charge in [-0.25, -0.2) is 0 Å². The van der Waals surface area contributed by atoms with E-state index in [1.807, 2.05) is 27.7 Å². The number of esters is 1. The van der Waals surface area contributed by atoms with E-state index in [1.54, 1.807) is 7.11 Å². The molecule has 0 aromatic carbocycles. The Hall–Kier alpha value is -0.220. The van der Waals surface area contributed by atoms with Crippen molar-refractivity contribution in [1.29, 1.82) is 0 Å². The molecule has 0 aromatic rings. The predicted octanol–water partition coefficient (Wildman–Crippen LogP) is 2.30. The average Bonchev–Trinajstić information content (AvgIpc) is 2.16. The van der Waals surface area contributed by atoms with Crippen LogP contribution in [-0.4, -0.2) is 30.5 Å². The van der Waals surface area contributed by atoms with Crippen LogP contribution < -0.4 is 0 Å². The zero-order valence-corrected chi connectivity index (χ0v) is 11.1. The summed E-state index contributed by atoms with van der Waals surface area (Å²) >= 11 is 4.18. The maximum Gasteiger partial charge on any atom is 0.319 e. The van der Waals surface area contributed by atoms with Crippen molar-refractivity contribution in [2.24, 2.45) is 5.92 Å². The normalized spacial score (nSPS) is 14.1. The lowest BCUT2D eigenvalue weighted by atomic mass is 10.1. The number of carbonyl (C=O) groups excluding carboxylic acids is 1. The molecule has 90 valence electrons. The Morgan fingerprint density at radius 1 is 1.40 bits per heavy atom. The van der Waals surface area contributed by atoms with Gasteiger partial charge in [0, 0.05) is 13.5 Å². The van der Waals surface area contributed by atoms with Gasteiger partial charge >= 0.3 is 5.97 Å². The summed E-state index contributed by atoms with van der Waals surface area (Å²) < 4.78 is 10.3. The highest BCUT2D eigenvalue weighted by molar-refractivity contribution is 7.81. The summed E-state index contributed by atoms with van der Waals surface area (Å²) in [6, 6.07) is 0. The maximum atomic E-state index is 11.4. The molecule has 0 spiro atoms. The summed E-state index contributed by atoms with van der Waals surface area (Å²) in [5.41, 5.74) is -0.246. The van der Waals surface area contributed by atoms with Crippen molar-refractivity contribution in [1.82, 2.24) is 0 Å². The first kappa shape index (κ1) is 14.8. The van der Waals surface area contributed by atoms with Crippen LogP contribution in [0.2, 0.25) is 0 Å². The first-order valence-electron chi connectivity index (χ1n) is 5.20. The Labute approximate surface area is 97.9 Å². The predicted molar refractivity (Wildman–Crippen MR) is 64.3 cm³/mol. The van der Waals surface area contributed by atoms with Gasteiger partial charge in [-0.1, -0.05) is 13.8 Å². The molecule has 0 amide bonds. The minimum absolute atomic E-state index is 0.191. The van der Waals surface area contributed by atoms with Crippen LogP contribution in [-0.2, 0) is 14.3 Å². The van der Waals surface area contributed by atoms with E-state index in [1.165, 1.54) is 0 Å². The molecule has 0 saturated carbocycles. The highest BCUT2D eigenvalue weighted by Gasteiger charge is 2.21. The van der Waals surface area contributed by atoms with E-state index in [0.29, 0.717) is 13.0 Å². The van der Waals surface area contributed by atoms with Gasteiger partial charge in [0.05, 0.1) is 12.2 Å². The van der Waals surface area contributed by atoms with Gasteiger partial charge in [-0.15, -0.1) is 0 Å².